The summed E-state index contributed by atoms with van der Waals surface area (Å²) in [5, 5.41) is 2.89. The molecule has 0 bridgehead atoms. The Bertz CT molecular complexity index is 496. The smallest absolute Gasteiger partial charge is 0.295 e. The fourth-order valence-corrected chi connectivity index (χ4v) is 2.11. The lowest BCUT2D eigenvalue weighted by Crippen LogP contribution is -2.24. The van der Waals surface area contributed by atoms with Gasteiger partial charge in [0.15, 0.2) is 5.78 Å². The maximum atomic E-state index is 11.7. The normalized spacial score (nSPS) is 11.4. The number of Topliss-reactive ketones (excluding diaryl/α,β-unsaturated/α-hetero) is 1. The van der Waals surface area contributed by atoms with Crippen LogP contribution in [0.3, 0.4) is 0 Å². The zero-order valence-electron chi connectivity index (χ0n) is 9.51. The van der Waals surface area contributed by atoms with Crippen LogP contribution in [0, 0.1) is 0 Å². The minimum atomic E-state index is -4.36. The van der Waals surface area contributed by atoms with Gasteiger partial charge in [0.05, 0.1) is 6.54 Å². The summed E-state index contributed by atoms with van der Waals surface area (Å²) in [4.78, 5) is 11.4. The number of nitrogens with one attached hydrogen (secondary N) is 1. The number of hydrogen-bond donors (Lipinski definition) is 2. The molecule has 0 aliphatic carbocycles. The fourth-order valence-electron chi connectivity index (χ4n) is 1.40. The lowest BCUT2D eigenvalue weighted by atomic mass is 10.1. The zero-order chi connectivity index (χ0) is 12.9. The highest BCUT2D eigenvalue weighted by atomic mass is 32.2. The number of carbonyl (C=O) groups excluding carboxylic acids is 1. The molecule has 0 aliphatic rings. The Morgan fingerprint density at radius 1 is 1.35 bits per heavy atom. The number of benzene rings is 1. The third-order valence-electron chi connectivity index (χ3n) is 2.18. The van der Waals surface area contributed by atoms with Crippen LogP contribution in [0.25, 0.3) is 0 Å². The minimum absolute atomic E-state index is 0.0126. The Morgan fingerprint density at radius 2 is 2.00 bits per heavy atom. The van der Waals surface area contributed by atoms with E-state index in [9.17, 15) is 13.2 Å². The predicted octanol–water partition coefficient (Wildman–Crippen LogP) is 1.12. The van der Waals surface area contributed by atoms with E-state index in [0.717, 1.165) is 6.42 Å². The van der Waals surface area contributed by atoms with E-state index >= 15 is 0 Å². The van der Waals surface area contributed by atoms with Crippen molar-refractivity contribution < 1.29 is 17.8 Å². The lowest BCUT2D eigenvalue weighted by molar-refractivity contribution is 0.0988. The molecular formula is C11H15NO4S. The first-order valence-corrected chi connectivity index (χ1v) is 6.71. The molecule has 0 radical (unpaired) electrons. The summed E-state index contributed by atoms with van der Waals surface area (Å²) in [5.74, 6) is -0.355. The molecule has 0 saturated carbocycles. The monoisotopic (exact) mass is 257 g/mol. The maximum Gasteiger partial charge on any atom is 0.295 e. The van der Waals surface area contributed by atoms with Crippen LogP contribution in [0.5, 0.6) is 0 Å². The van der Waals surface area contributed by atoms with E-state index in [-0.39, 0.29) is 22.8 Å². The second kappa shape index (κ2) is 5.90. The van der Waals surface area contributed by atoms with Crippen LogP contribution in [0.1, 0.15) is 23.7 Å². The van der Waals surface area contributed by atoms with Gasteiger partial charge in [0, 0.05) is 5.56 Å². The van der Waals surface area contributed by atoms with E-state index < -0.39 is 10.1 Å². The van der Waals surface area contributed by atoms with Crippen molar-refractivity contribution in [2.24, 2.45) is 0 Å². The first-order chi connectivity index (χ1) is 7.96. The van der Waals surface area contributed by atoms with Crippen molar-refractivity contribution in [1.29, 1.82) is 0 Å². The van der Waals surface area contributed by atoms with E-state index in [1.165, 1.54) is 18.2 Å². The molecule has 0 heterocycles. The Hall–Kier alpha value is -1.24. The van der Waals surface area contributed by atoms with Gasteiger partial charge in [0.1, 0.15) is 4.90 Å². The molecule has 0 atom stereocenters. The second-order valence-electron chi connectivity index (χ2n) is 3.57. The molecular weight excluding hydrogens is 242 g/mol. The first-order valence-electron chi connectivity index (χ1n) is 5.27. The van der Waals surface area contributed by atoms with Crippen molar-refractivity contribution in [3.63, 3.8) is 0 Å². The average molecular weight is 257 g/mol. The third-order valence-corrected chi connectivity index (χ3v) is 3.09. The van der Waals surface area contributed by atoms with Gasteiger partial charge < -0.3 is 5.32 Å². The minimum Gasteiger partial charge on any atom is -0.310 e. The standard InChI is InChI=1S/C11H15NO4S/c1-2-7-12-8-10(13)9-5-3-4-6-11(9)17(14,15)16/h3-6,12H,2,7-8H2,1H3,(H,14,15,16). The van der Waals surface area contributed by atoms with Gasteiger partial charge in [0.25, 0.3) is 10.1 Å². The summed E-state index contributed by atoms with van der Waals surface area (Å²) in [6, 6.07) is 5.61. The van der Waals surface area contributed by atoms with E-state index in [0.29, 0.717) is 6.54 Å². The molecule has 1 aromatic rings. The predicted molar refractivity (Wildman–Crippen MR) is 63.7 cm³/mol. The second-order valence-corrected chi connectivity index (χ2v) is 4.96. The fraction of sp³-hybridized carbons (Fsp3) is 0.364. The van der Waals surface area contributed by atoms with Crippen molar-refractivity contribution in [1.82, 2.24) is 5.32 Å². The van der Waals surface area contributed by atoms with Gasteiger partial charge in [-0.05, 0) is 25.1 Å². The van der Waals surface area contributed by atoms with Crippen LogP contribution in [-0.2, 0) is 10.1 Å². The Labute approximate surface area is 101 Å². The average Bonchev–Trinajstić information content (AvgIpc) is 2.28. The molecule has 17 heavy (non-hydrogen) atoms. The van der Waals surface area contributed by atoms with Gasteiger partial charge in [0.2, 0.25) is 0 Å². The maximum absolute atomic E-state index is 11.7. The molecule has 0 aliphatic heterocycles. The highest BCUT2D eigenvalue weighted by Gasteiger charge is 2.19. The Kier molecular flexibility index (Phi) is 4.80. The van der Waals surface area contributed by atoms with Gasteiger partial charge in [-0.15, -0.1) is 0 Å². The van der Waals surface area contributed by atoms with Gasteiger partial charge in [-0.1, -0.05) is 19.1 Å². The molecule has 0 aromatic heterocycles. The summed E-state index contributed by atoms with van der Waals surface area (Å²) < 4.78 is 31.1. The first kappa shape index (κ1) is 13.8. The van der Waals surface area contributed by atoms with Crippen LogP contribution in [-0.4, -0.2) is 31.8 Å². The number of hydrogen-bond acceptors (Lipinski definition) is 4. The molecule has 5 nitrogen and oxygen atoms in total. The molecule has 1 rings (SSSR count). The third kappa shape index (κ3) is 3.92. The molecule has 0 saturated heterocycles. The summed E-state index contributed by atoms with van der Waals surface area (Å²) in [6.07, 6.45) is 0.882. The summed E-state index contributed by atoms with van der Waals surface area (Å²) >= 11 is 0. The molecule has 0 fully saturated rings. The van der Waals surface area contributed by atoms with Gasteiger partial charge in [-0.3, -0.25) is 9.35 Å². The SMILES string of the molecule is CCCNCC(=O)c1ccccc1S(=O)(=O)O. The molecule has 94 valence electrons. The highest BCUT2D eigenvalue weighted by molar-refractivity contribution is 7.86. The van der Waals surface area contributed by atoms with Crippen LogP contribution in [0.2, 0.25) is 0 Å². The van der Waals surface area contributed by atoms with Crippen molar-refractivity contribution >= 4 is 15.9 Å². The molecule has 0 spiro atoms. The molecule has 1 aromatic carbocycles. The Morgan fingerprint density at radius 3 is 2.59 bits per heavy atom. The Balaban J connectivity index is 2.94. The van der Waals surface area contributed by atoms with Gasteiger partial charge in [-0.25, -0.2) is 0 Å². The van der Waals surface area contributed by atoms with E-state index in [2.05, 4.69) is 5.32 Å². The van der Waals surface area contributed by atoms with Crippen LogP contribution in [0.4, 0.5) is 0 Å². The van der Waals surface area contributed by atoms with Crippen LogP contribution < -0.4 is 5.32 Å². The van der Waals surface area contributed by atoms with Crippen molar-refractivity contribution in [2.75, 3.05) is 13.1 Å². The molecule has 2 N–H and O–H groups in total. The lowest BCUT2D eigenvalue weighted by Gasteiger charge is -2.06. The van der Waals surface area contributed by atoms with E-state index in [1.807, 2.05) is 6.92 Å². The van der Waals surface area contributed by atoms with Crippen molar-refractivity contribution in [3.8, 4) is 0 Å². The largest absolute Gasteiger partial charge is 0.310 e. The molecule has 0 amide bonds. The van der Waals surface area contributed by atoms with E-state index in [4.69, 9.17) is 4.55 Å². The van der Waals surface area contributed by atoms with Gasteiger partial charge in [-0.2, -0.15) is 8.42 Å². The summed E-state index contributed by atoms with van der Waals surface area (Å²) in [5.41, 5.74) is 0.0126. The highest BCUT2D eigenvalue weighted by Crippen LogP contribution is 2.15. The zero-order valence-corrected chi connectivity index (χ0v) is 10.3. The summed E-state index contributed by atoms with van der Waals surface area (Å²) in [7, 11) is -4.36. The van der Waals surface area contributed by atoms with E-state index in [1.54, 1.807) is 6.07 Å². The number of rotatable bonds is 6. The summed E-state index contributed by atoms with van der Waals surface area (Å²) in [6.45, 7) is 2.70. The van der Waals surface area contributed by atoms with Gasteiger partial charge >= 0.3 is 0 Å². The quantitative estimate of drug-likeness (QED) is 0.453. The molecule has 0 unspecified atom stereocenters. The van der Waals surface area contributed by atoms with Crippen molar-refractivity contribution in [3.05, 3.63) is 29.8 Å². The number of carbonyl (C=O) groups is 1. The van der Waals surface area contributed by atoms with Crippen LogP contribution in [0.15, 0.2) is 29.2 Å². The topological polar surface area (TPSA) is 83.5 Å². The van der Waals surface area contributed by atoms with Crippen molar-refractivity contribution in [2.45, 2.75) is 18.2 Å². The molecule has 6 heteroatoms. The van der Waals surface area contributed by atoms with Crippen LogP contribution >= 0.6 is 0 Å². The number of ketones is 1.